The molecule has 0 amide bonds. The largest absolute Gasteiger partial charge is 0.456 e. The van der Waals surface area contributed by atoms with Gasteiger partial charge in [-0.15, -0.1) is 0 Å². The Bertz CT molecular complexity index is 3100. The van der Waals surface area contributed by atoms with Gasteiger partial charge in [0.2, 0.25) is 0 Å². The number of amidine groups is 1. The number of anilines is 3. The highest BCUT2D eigenvalue weighted by Crippen LogP contribution is 2.44. The molecule has 8 aromatic carbocycles. The van der Waals surface area contributed by atoms with Crippen LogP contribution < -0.4 is 15.5 Å². The van der Waals surface area contributed by atoms with Crippen LogP contribution in [0.3, 0.4) is 0 Å². The van der Waals surface area contributed by atoms with Gasteiger partial charge in [-0.25, -0.2) is 4.99 Å². The van der Waals surface area contributed by atoms with Crippen molar-refractivity contribution in [2.45, 2.75) is 18.8 Å². The molecule has 0 saturated heterocycles. The molecule has 2 N–H and O–H groups in total. The topological polar surface area (TPSA) is 57.7 Å². The molecule has 278 valence electrons. The van der Waals surface area contributed by atoms with Gasteiger partial charge < -0.3 is 19.2 Å². The van der Waals surface area contributed by atoms with Gasteiger partial charge in [-0.2, -0.15) is 0 Å². The van der Waals surface area contributed by atoms with Gasteiger partial charge in [0.25, 0.3) is 0 Å². The standard InChI is InChI=1S/C52H39N5O/c1-52(54-50(35-18-6-2-7-19-35)53-51(55-52)36-20-8-3-9-21-36)37-32-40(56(38-22-10-4-11-23-38)39-24-12-5-13-25-39)34-41(33-37)57-44-28-16-14-26-42(44)48-45(57)30-31-47-49(48)43-27-15-17-29-46(43)58-47/h2-34,50,54H,1H3,(H,53,55). The maximum absolute atomic E-state index is 6.43. The Labute approximate surface area is 336 Å². The fraction of sp³-hybridized carbons (Fsp3) is 0.0577. The van der Waals surface area contributed by atoms with Gasteiger partial charge in [0.15, 0.2) is 0 Å². The summed E-state index contributed by atoms with van der Waals surface area (Å²) in [6.07, 6.45) is -0.207. The zero-order valence-corrected chi connectivity index (χ0v) is 31.9. The molecule has 0 spiro atoms. The van der Waals surface area contributed by atoms with Crippen LogP contribution in [0.25, 0.3) is 49.4 Å². The number of hydrogen-bond acceptors (Lipinski definition) is 5. The Balaban J connectivity index is 1.21. The third kappa shape index (κ3) is 5.65. The minimum Gasteiger partial charge on any atom is -0.456 e. The van der Waals surface area contributed by atoms with Crippen molar-refractivity contribution in [3.63, 3.8) is 0 Å². The second kappa shape index (κ2) is 13.7. The average Bonchev–Trinajstić information content (AvgIpc) is 3.83. The minimum absolute atomic E-state index is 0.207. The van der Waals surface area contributed by atoms with E-state index >= 15 is 0 Å². The van der Waals surface area contributed by atoms with Crippen molar-refractivity contribution in [1.82, 2.24) is 15.2 Å². The lowest BCUT2D eigenvalue weighted by molar-refractivity contribution is 0.295. The van der Waals surface area contributed by atoms with Gasteiger partial charge in [-0.3, -0.25) is 5.32 Å². The fourth-order valence-corrected chi connectivity index (χ4v) is 8.73. The SMILES string of the molecule is CC1(c2cc(N(c3ccccc3)c3ccccc3)cc(-n3c4ccccc4c4c5c(ccc43)oc3ccccc35)c2)N=C(c2ccccc2)NC(c2ccccc2)N1. The van der Waals surface area contributed by atoms with Crippen molar-refractivity contribution >= 4 is 66.6 Å². The van der Waals surface area contributed by atoms with E-state index in [0.29, 0.717) is 0 Å². The second-order valence-electron chi connectivity index (χ2n) is 15.1. The van der Waals surface area contributed by atoms with E-state index in [1.165, 1.54) is 10.8 Å². The molecule has 58 heavy (non-hydrogen) atoms. The molecule has 6 heteroatoms. The van der Waals surface area contributed by atoms with Crippen molar-refractivity contribution in [3.8, 4) is 5.69 Å². The van der Waals surface area contributed by atoms with Crippen molar-refractivity contribution in [1.29, 1.82) is 0 Å². The lowest BCUT2D eigenvalue weighted by Crippen LogP contribution is -2.53. The summed E-state index contributed by atoms with van der Waals surface area (Å²) in [7, 11) is 0. The van der Waals surface area contributed by atoms with Crippen molar-refractivity contribution in [3.05, 3.63) is 217 Å². The number of benzene rings is 8. The van der Waals surface area contributed by atoms with Crippen LogP contribution in [0, 0.1) is 0 Å². The Morgan fingerprint density at radius 2 is 1.17 bits per heavy atom. The smallest absolute Gasteiger partial charge is 0.137 e. The Kier molecular flexibility index (Phi) is 7.98. The first-order valence-electron chi connectivity index (χ1n) is 19.8. The summed E-state index contributed by atoms with van der Waals surface area (Å²) in [6.45, 7) is 2.19. The molecule has 2 unspecified atom stereocenters. The third-order valence-corrected chi connectivity index (χ3v) is 11.4. The van der Waals surface area contributed by atoms with Crippen LogP contribution in [0.15, 0.2) is 210 Å². The van der Waals surface area contributed by atoms with E-state index in [4.69, 9.17) is 9.41 Å². The van der Waals surface area contributed by atoms with E-state index in [9.17, 15) is 0 Å². The quantitative estimate of drug-likeness (QED) is 0.170. The van der Waals surface area contributed by atoms with Crippen LogP contribution in [-0.4, -0.2) is 10.4 Å². The zero-order chi connectivity index (χ0) is 38.6. The predicted octanol–water partition coefficient (Wildman–Crippen LogP) is 12.7. The second-order valence-corrected chi connectivity index (χ2v) is 15.1. The first kappa shape index (κ1) is 33.9. The van der Waals surface area contributed by atoms with E-state index < -0.39 is 5.66 Å². The summed E-state index contributed by atoms with van der Waals surface area (Å²) in [5.74, 6) is 0.830. The number of fused-ring (bicyclic) bond motifs is 7. The van der Waals surface area contributed by atoms with Crippen LogP contribution in [-0.2, 0) is 5.66 Å². The molecule has 0 fully saturated rings. The molecule has 0 saturated carbocycles. The van der Waals surface area contributed by atoms with Crippen molar-refractivity contribution < 1.29 is 4.42 Å². The van der Waals surface area contributed by atoms with Crippen LogP contribution in [0.2, 0.25) is 0 Å². The summed E-state index contributed by atoms with van der Waals surface area (Å²) in [5.41, 5.74) is 10.5. The summed E-state index contributed by atoms with van der Waals surface area (Å²) in [4.78, 5) is 7.88. The van der Waals surface area contributed by atoms with Crippen LogP contribution in [0.4, 0.5) is 17.1 Å². The molecule has 0 bridgehead atoms. The maximum atomic E-state index is 6.43. The summed E-state index contributed by atoms with van der Waals surface area (Å²) in [6, 6.07) is 70.5. The molecular weight excluding hydrogens is 711 g/mol. The van der Waals surface area contributed by atoms with Gasteiger partial charge in [-0.1, -0.05) is 133 Å². The highest BCUT2D eigenvalue weighted by atomic mass is 16.3. The van der Waals surface area contributed by atoms with Gasteiger partial charge >= 0.3 is 0 Å². The van der Waals surface area contributed by atoms with E-state index in [2.05, 4.69) is 215 Å². The van der Waals surface area contributed by atoms with E-state index in [0.717, 1.165) is 78.2 Å². The number of aromatic nitrogens is 1. The van der Waals surface area contributed by atoms with Crippen LogP contribution in [0.1, 0.15) is 29.8 Å². The molecular formula is C52H39N5O. The molecule has 11 rings (SSSR count). The molecule has 6 nitrogen and oxygen atoms in total. The molecule has 0 radical (unpaired) electrons. The van der Waals surface area contributed by atoms with Gasteiger partial charge in [0.1, 0.15) is 28.8 Å². The lowest BCUT2D eigenvalue weighted by Gasteiger charge is -2.40. The van der Waals surface area contributed by atoms with Crippen molar-refractivity contribution in [2.24, 2.45) is 4.99 Å². The van der Waals surface area contributed by atoms with Gasteiger partial charge in [0, 0.05) is 49.9 Å². The highest BCUT2D eigenvalue weighted by Gasteiger charge is 2.36. The number of para-hydroxylation sites is 4. The van der Waals surface area contributed by atoms with Crippen LogP contribution >= 0.6 is 0 Å². The van der Waals surface area contributed by atoms with E-state index in [1.807, 2.05) is 12.1 Å². The third-order valence-electron chi connectivity index (χ3n) is 11.4. The average molecular weight is 750 g/mol. The Morgan fingerprint density at radius 1 is 0.552 bits per heavy atom. The van der Waals surface area contributed by atoms with Gasteiger partial charge in [-0.05, 0) is 84.8 Å². The molecule has 1 aliphatic rings. The normalized spacial score (nSPS) is 16.8. The molecule has 1 aliphatic heterocycles. The highest BCUT2D eigenvalue weighted by molar-refractivity contribution is 6.27. The number of nitrogens with zero attached hydrogens (tertiary/aromatic N) is 3. The number of furan rings is 1. The number of hydrogen-bond donors (Lipinski definition) is 2. The predicted molar refractivity (Wildman–Crippen MR) is 239 cm³/mol. The van der Waals surface area contributed by atoms with E-state index in [-0.39, 0.29) is 6.17 Å². The van der Waals surface area contributed by atoms with E-state index in [1.54, 1.807) is 0 Å². The first-order valence-corrected chi connectivity index (χ1v) is 19.8. The summed E-state index contributed by atoms with van der Waals surface area (Å²) >= 11 is 0. The molecule has 2 aromatic heterocycles. The number of aliphatic imine (C=N–C) groups is 1. The fourth-order valence-electron chi connectivity index (χ4n) is 8.73. The molecule has 3 heterocycles. The molecule has 2 atom stereocenters. The zero-order valence-electron chi connectivity index (χ0n) is 31.9. The van der Waals surface area contributed by atoms with Gasteiger partial charge in [0.05, 0.1) is 11.0 Å². The summed E-state index contributed by atoms with van der Waals surface area (Å²) in [5, 5.41) is 12.3. The van der Waals surface area contributed by atoms with Crippen molar-refractivity contribution in [2.75, 3.05) is 4.90 Å². The first-order chi connectivity index (χ1) is 28.6. The Morgan fingerprint density at radius 3 is 1.90 bits per heavy atom. The Hall–Kier alpha value is -7.41. The maximum Gasteiger partial charge on any atom is 0.137 e. The monoisotopic (exact) mass is 749 g/mol. The lowest BCUT2D eigenvalue weighted by atomic mass is 9.96. The molecule has 0 aliphatic carbocycles. The summed E-state index contributed by atoms with van der Waals surface area (Å²) < 4.78 is 8.84. The molecule has 10 aromatic rings. The number of rotatable bonds is 7. The van der Waals surface area contributed by atoms with Crippen LogP contribution in [0.5, 0.6) is 0 Å². The minimum atomic E-state index is -0.854. The number of nitrogens with one attached hydrogen (secondary N) is 2.